The molecule has 2 rings (SSSR count). The summed E-state index contributed by atoms with van der Waals surface area (Å²) in [5.74, 6) is 1.14. The minimum Gasteiger partial charge on any atom is -0.369 e. The maximum atomic E-state index is 13.0. The number of benzene rings is 1. The van der Waals surface area contributed by atoms with Gasteiger partial charge in [0.1, 0.15) is 5.82 Å². The SMILES string of the molecule is CC(C)CC(CN)CN1CCN(c2ccc(F)cc2)CC1. The average Bonchev–Trinajstić information content (AvgIpc) is 2.48. The van der Waals surface area contributed by atoms with Gasteiger partial charge in [-0.1, -0.05) is 13.8 Å². The van der Waals surface area contributed by atoms with E-state index in [1.807, 2.05) is 12.1 Å². The quantitative estimate of drug-likeness (QED) is 0.875. The summed E-state index contributed by atoms with van der Waals surface area (Å²) in [6, 6.07) is 6.81. The van der Waals surface area contributed by atoms with Crippen molar-refractivity contribution in [1.82, 2.24) is 4.90 Å². The van der Waals surface area contributed by atoms with Crippen molar-refractivity contribution >= 4 is 5.69 Å². The number of hydrogen-bond acceptors (Lipinski definition) is 3. The van der Waals surface area contributed by atoms with Crippen LogP contribution in [0.4, 0.5) is 10.1 Å². The number of hydrogen-bond donors (Lipinski definition) is 1. The molecule has 0 amide bonds. The molecule has 1 unspecified atom stereocenters. The highest BCUT2D eigenvalue weighted by atomic mass is 19.1. The molecule has 0 aromatic heterocycles. The third kappa shape index (κ3) is 4.97. The second-order valence-corrected chi connectivity index (χ2v) is 6.50. The van der Waals surface area contributed by atoms with E-state index >= 15 is 0 Å². The van der Waals surface area contributed by atoms with Crippen molar-refractivity contribution in [2.45, 2.75) is 20.3 Å². The normalized spacial score (nSPS) is 18.2. The average molecular weight is 293 g/mol. The second kappa shape index (κ2) is 7.76. The largest absolute Gasteiger partial charge is 0.369 e. The van der Waals surface area contributed by atoms with Crippen LogP contribution in [0, 0.1) is 17.7 Å². The van der Waals surface area contributed by atoms with Gasteiger partial charge in [-0.05, 0) is 49.1 Å². The maximum Gasteiger partial charge on any atom is 0.123 e. The molecule has 2 N–H and O–H groups in total. The van der Waals surface area contributed by atoms with Crippen molar-refractivity contribution in [2.24, 2.45) is 17.6 Å². The Morgan fingerprint density at radius 2 is 1.71 bits per heavy atom. The number of nitrogens with zero attached hydrogens (tertiary/aromatic N) is 2. The van der Waals surface area contributed by atoms with Crippen LogP contribution in [0.3, 0.4) is 0 Å². The third-order valence-electron chi connectivity index (χ3n) is 4.22. The second-order valence-electron chi connectivity index (χ2n) is 6.50. The van der Waals surface area contributed by atoms with Crippen LogP contribution in [-0.4, -0.2) is 44.2 Å². The van der Waals surface area contributed by atoms with Crippen LogP contribution in [0.1, 0.15) is 20.3 Å². The highest BCUT2D eigenvalue weighted by Gasteiger charge is 2.20. The zero-order chi connectivity index (χ0) is 15.2. The molecule has 0 spiro atoms. The van der Waals surface area contributed by atoms with E-state index in [0.29, 0.717) is 11.8 Å². The molecule has 1 aliphatic heterocycles. The van der Waals surface area contributed by atoms with Crippen molar-refractivity contribution in [1.29, 1.82) is 0 Å². The summed E-state index contributed by atoms with van der Waals surface area (Å²) in [5, 5.41) is 0. The van der Waals surface area contributed by atoms with Crippen molar-refractivity contribution in [3.63, 3.8) is 0 Å². The van der Waals surface area contributed by atoms with Crippen LogP contribution in [0.5, 0.6) is 0 Å². The van der Waals surface area contributed by atoms with Crippen molar-refractivity contribution in [3.8, 4) is 0 Å². The Hall–Kier alpha value is -1.13. The van der Waals surface area contributed by atoms with Gasteiger partial charge < -0.3 is 10.6 Å². The Kier molecular flexibility index (Phi) is 6.00. The van der Waals surface area contributed by atoms with Gasteiger partial charge in [-0.2, -0.15) is 0 Å². The summed E-state index contributed by atoms with van der Waals surface area (Å²) in [6.07, 6.45) is 1.20. The van der Waals surface area contributed by atoms with Crippen LogP contribution in [0.15, 0.2) is 24.3 Å². The molecule has 0 bridgehead atoms. The van der Waals surface area contributed by atoms with E-state index in [0.717, 1.165) is 45.0 Å². The Morgan fingerprint density at radius 1 is 1.10 bits per heavy atom. The van der Waals surface area contributed by atoms with Crippen molar-refractivity contribution < 1.29 is 4.39 Å². The van der Waals surface area contributed by atoms with Crippen LogP contribution in [0.2, 0.25) is 0 Å². The summed E-state index contributed by atoms with van der Waals surface area (Å²) in [6.45, 7) is 10.5. The van der Waals surface area contributed by atoms with Crippen LogP contribution < -0.4 is 10.6 Å². The lowest BCUT2D eigenvalue weighted by atomic mass is 9.96. The predicted octanol–water partition coefficient (Wildman–Crippen LogP) is 2.57. The molecule has 0 saturated carbocycles. The first-order chi connectivity index (χ1) is 10.1. The Bertz CT molecular complexity index is 411. The van der Waals surface area contributed by atoms with Crippen molar-refractivity contribution in [2.75, 3.05) is 44.2 Å². The lowest BCUT2D eigenvalue weighted by Crippen LogP contribution is -2.48. The molecule has 1 fully saturated rings. The molecule has 118 valence electrons. The lowest BCUT2D eigenvalue weighted by Gasteiger charge is -2.37. The molecule has 1 aliphatic rings. The zero-order valence-electron chi connectivity index (χ0n) is 13.3. The van der Waals surface area contributed by atoms with Gasteiger partial charge in [-0.15, -0.1) is 0 Å². The first kappa shape index (κ1) is 16.2. The fourth-order valence-electron chi connectivity index (χ4n) is 3.12. The Labute approximate surface area is 127 Å². The van der Waals surface area contributed by atoms with Gasteiger partial charge in [0, 0.05) is 38.4 Å². The summed E-state index contributed by atoms with van der Waals surface area (Å²) in [5.41, 5.74) is 7.02. The molecule has 1 atom stereocenters. The fourth-order valence-corrected chi connectivity index (χ4v) is 3.12. The summed E-state index contributed by atoms with van der Waals surface area (Å²) >= 11 is 0. The van der Waals surface area contributed by atoms with Gasteiger partial charge in [0.15, 0.2) is 0 Å². The molecule has 3 nitrogen and oxygen atoms in total. The van der Waals surface area contributed by atoms with Crippen LogP contribution >= 0.6 is 0 Å². The monoisotopic (exact) mass is 293 g/mol. The van der Waals surface area contributed by atoms with Crippen LogP contribution in [0.25, 0.3) is 0 Å². The maximum absolute atomic E-state index is 13.0. The van der Waals surface area contributed by atoms with E-state index in [4.69, 9.17) is 5.73 Å². The van der Waals surface area contributed by atoms with Crippen molar-refractivity contribution in [3.05, 3.63) is 30.1 Å². The molecular weight excluding hydrogens is 265 g/mol. The van der Waals surface area contributed by atoms with Gasteiger partial charge in [-0.25, -0.2) is 4.39 Å². The zero-order valence-corrected chi connectivity index (χ0v) is 13.3. The smallest absolute Gasteiger partial charge is 0.123 e. The number of piperazine rings is 1. The molecule has 1 heterocycles. The lowest BCUT2D eigenvalue weighted by molar-refractivity contribution is 0.207. The predicted molar refractivity (Wildman–Crippen MR) is 87.1 cm³/mol. The summed E-state index contributed by atoms with van der Waals surface area (Å²) in [4.78, 5) is 4.84. The van der Waals surface area contributed by atoms with Gasteiger partial charge in [-0.3, -0.25) is 4.90 Å². The highest BCUT2D eigenvalue weighted by molar-refractivity contribution is 5.46. The van der Waals surface area contributed by atoms with Crippen LogP contribution in [-0.2, 0) is 0 Å². The van der Waals surface area contributed by atoms with Gasteiger partial charge in [0.2, 0.25) is 0 Å². The topological polar surface area (TPSA) is 32.5 Å². The molecule has 1 saturated heterocycles. The first-order valence-corrected chi connectivity index (χ1v) is 8.01. The molecular formula is C17H28FN3. The van der Waals surface area contributed by atoms with E-state index in [2.05, 4.69) is 23.6 Å². The number of anilines is 1. The summed E-state index contributed by atoms with van der Waals surface area (Å²) < 4.78 is 13.0. The standard InChI is InChI=1S/C17H28FN3/c1-14(2)11-15(12-19)13-20-7-9-21(10-8-20)17-5-3-16(18)4-6-17/h3-6,14-15H,7-13,19H2,1-2H3. The molecule has 21 heavy (non-hydrogen) atoms. The molecule has 4 heteroatoms. The van der Waals surface area contributed by atoms with E-state index in [1.54, 1.807) is 0 Å². The van der Waals surface area contributed by atoms with E-state index in [1.165, 1.54) is 18.6 Å². The Balaban J connectivity index is 1.81. The van der Waals surface area contributed by atoms with Gasteiger partial charge in [0.05, 0.1) is 0 Å². The molecule has 1 aromatic carbocycles. The number of nitrogens with two attached hydrogens (primary N) is 1. The third-order valence-corrected chi connectivity index (χ3v) is 4.22. The Morgan fingerprint density at radius 3 is 2.24 bits per heavy atom. The minimum atomic E-state index is -0.170. The van der Waals surface area contributed by atoms with Gasteiger partial charge in [0.25, 0.3) is 0 Å². The number of rotatable bonds is 6. The molecule has 0 aliphatic carbocycles. The number of halogens is 1. The first-order valence-electron chi connectivity index (χ1n) is 8.01. The van der Waals surface area contributed by atoms with E-state index in [9.17, 15) is 4.39 Å². The molecule has 0 radical (unpaired) electrons. The van der Waals surface area contributed by atoms with Gasteiger partial charge >= 0.3 is 0 Å². The fraction of sp³-hybridized carbons (Fsp3) is 0.647. The highest BCUT2D eigenvalue weighted by Crippen LogP contribution is 2.18. The van der Waals surface area contributed by atoms with E-state index < -0.39 is 0 Å². The van der Waals surface area contributed by atoms with E-state index in [-0.39, 0.29) is 5.82 Å². The minimum absolute atomic E-state index is 0.170. The summed E-state index contributed by atoms with van der Waals surface area (Å²) in [7, 11) is 0. The molecule has 1 aromatic rings.